The summed E-state index contributed by atoms with van der Waals surface area (Å²) in [6.45, 7) is 3.14. The number of rotatable bonds is 4. The largest absolute Gasteiger partial charge is 0.490 e. The van der Waals surface area contributed by atoms with Crippen LogP contribution in [0.3, 0.4) is 0 Å². The smallest absolute Gasteiger partial charge is 0.330 e. The Morgan fingerprint density at radius 1 is 1.29 bits per heavy atom. The van der Waals surface area contributed by atoms with Gasteiger partial charge >= 0.3 is 5.97 Å². The van der Waals surface area contributed by atoms with Gasteiger partial charge in [-0.05, 0) is 37.5 Å². The van der Waals surface area contributed by atoms with Crippen molar-refractivity contribution in [3.63, 3.8) is 0 Å². The third-order valence-corrected chi connectivity index (χ3v) is 3.99. The summed E-state index contributed by atoms with van der Waals surface area (Å²) >= 11 is 0. The van der Waals surface area contributed by atoms with Crippen LogP contribution < -0.4 is 14.8 Å². The van der Waals surface area contributed by atoms with Gasteiger partial charge in [-0.15, -0.1) is 0 Å². The molecule has 1 fully saturated rings. The van der Waals surface area contributed by atoms with Gasteiger partial charge in [0.25, 0.3) is 0 Å². The molecule has 1 N–H and O–H groups in total. The zero-order chi connectivity index (χ0) is 14.9. The Labute approximate surface area is 124 Å². The summed E-state index contributed by atoms with van der Waals surface area (Å²) in [5, 5.41) is 3.39. The Balaban J connectivity index is 1.95. The first-order valence-corrected chi connectivity index (χ1v) is 7.40. The Hall–Kier alpha value is -1.75. The molecular formula is C16H21NO4. The van der Waals surface area contributed by atoms with Crippen molar-refractivity contribution >= 4 is 5.97 Å². The zero-order valence-corrected chi connectivity index (χ0v) is 12.5. The van der Waals surface area contributed by atoms with Gasteiger partial charge in [0.05, 0.1) is 20.3 Å². The fourth-order valence-electron chi connectivity index (χ4n) is 2.57. The van der Waals surface area contributed by atoms with Gasteiger partial charge in [0.1, 0.15) is 5.54 Å². The average Bonchev–Trinajstić information content (AvgIpc) is 3.31. The van der Waals surface area contributed by atoms with E-state index in [1.807, 2.05) is 25.1 Å². The van der Waals surface area contributed by atoms with Gasteiger partial charge in [0.2, 0.25) is 0 Å². The standard InChI is InChI=1S/C16H21NO4/c1-16(15(18)19-2,17-12-5-6-12)11-4-7-13-14(10-11)21-9-3-8-20-13/h4,7,10,12,17H,3,5-6,8-9H2,1-2H3. The molecule has 2 aliphatic rings. The lowest BCUT2D eigenvalue weighted by atomic mass is 9.91. The molecule has 3 rings (SSSR count). The van der Waals surface area contributed by atoms with Crippen LogP contribution in [0.2, 0.25) is 0 Å². The molecule has 1 unspecified atom stereocenters. The van der Waals surface area contributed by atoms with E-state index in [4.69, 9.17) is 14.2 Å². The van der Waals surface area contributed by atoms with Crippen LogP contribution in [-0.2, 0) is 15.1 Å². The van der Waals surface area contributed by atoms with Gasteiger partial charge in [0.15, 0.2) is 11.5 Å². The first-order valence-electron chi connectivity index (χ1n) is 7.40. The second-order valence-electron chi connectivity index (χ2n) is 5.75. The molecule has 1 aromatic rings. The van der Waals surface area contributed by atoms with Crippen molar-refractivity contribution in [2.75, 3.05) is 20.3 Å². The van der Waals surface area contributed by atoms with E-state index in [2.05, 4.69) is 5.32 Å². The van der Waals surface area contributed by atoms with Gasteiger partial charge in [-0.25, -0.2) is 4.79 Å². The molecule has 1 atom stereocenters. The molecule has 21 heavy (non-hydrogen) atoms. The van der Waals surface area contributed by atoms with Crippen LogP contribution in [0.5, 0.6) is 11.5 Å². The number of benzene rings is 1. The third-order valence-electron chi connectivity index (χ3n) is 3.99. The third kappa shape index (κ3) is 2.83. The number of carbonyl (C=O) groups excluding carboxylic acids is 1. The van der Waals surface area contributed by atoms with E-state index in [1.165, 1.54) is 7.11 Å². The maximum Gasteiger partial charge on any atom is 0.330 e. The molecule has 1 saturated carbocycles. The summed E-state index contributed by atoms with van der Waals surface area (Å²) in [4.78, 5) is 12.3. The predicted octanol–water partition coefficient (Wildman–Crippen LogP) is 1.99. The van der Waals surface area contributed by atoms with Crippen molar-refractivity contribution in [1.29, 1.82) is 0 Å². The highest BCUT2D eigenvalue weighted by Gasteiger charge is 2.41. The van der Waals surface area contributed by atoms with Crippen LogP contribution in [0.15, 0.2) is 18.2 Å². The molecule has 0 saturated heterocycles. The highest BCUT2D eigenvalue weighted by molar-refractivity contribution is 5.82. The molecule has 5 nitrogen and oxygen atoms in total. The van der Waals surface area contributed by atoms with Crippen molar-refractivity contribution in [2.24, 2.45) is 0 Å². The van der Waals surface area contributed by atoms with Crippen LogP contribution >= 0.6 is 0 Å². The van der Waals surface area contributed by atoms with Crippen LogP contribution in [0, 0.1) is 0 Å². The second-order valence-corrected chi connectivity index (χ2v) is 5.75. The van der Waals surface area contributed by atoms with Crippen molar-refractivity contribution in [3.05, 3.63) is 23.8 Å². The number of nitrogens with one attached hydrogen (secondary N) is 1. The summed E-state index contributed by atoms with van der Waals surface area (Å²) in [7, 11) is 1.41. The van der Waals surface area contributed by atoms with Crippen LogP contribution in [0.25, 0.3) is 0 Å². The lowest BCUT2D eigenvalue weighted by molar-refractivity contribution is -0.148. The van der Waals surface area contributed by atoms with E-state index in [0.717, 1.165) is 30.6 Å². The van der Waals surface area contributed by atoms with Crippen LogP contribution in [0.4, 0.5) is 0 Å². The summed E-state index contributed by atoms with van der Waals surface area (Å²) < 4.78 is 16.3. The summed E-state index contributed by atoms with van der Waals surface area (Å²) in [5.41, 5.74) is -0.0221. The van der Waals surface area contributed by atoms with Gasteiger partial charge in [-0.1, -0.05) is 6.07 Å². The Bertz CT molecular complexity index is 541. The number of ether oxygens (including phenoxy) is 3. The van der Waals surface area contributed by atoms with Crippen LogP contribution in [-0.4, -0.2) is 32.3 Å². The molecule has 114 valence electrons. The molecule has 0 spiro atoms. The van der Waals surface area contributed by atoms with Crippen molar-refractivity contribution < 1.29 is 19.0 Å². The van der Waals surface area contributed by atoms with E-state index in [0.29, 0.717) is 25.0 Å². The number of methoxy groups -OCH3 is 1. The average molecular weight is 291 g/mol. The fraction of sp³-hybridized carbons (Fsp3) is 0.562. The summed E-state index contributed by atoms with van der Waals surface area (Å²) in [6.07, 6.45) is 3.05. The highest BCUT2D eigenvalue weighted by atomic mass is 16.5. The zero-order valence-electron chi connectivity index (χ0n) is 12.5. The van der Waals surface area contributed by atoms with Gasteiger partial charge in [-0.3, -0.25) is 5.32 Å². The van der Waals surface area contributed by atoms with Crippen molar-refractivity contribution in [2.45, 2.75) is 37.8 Å². The van der Waals surface area contributed by atoms with E-state index >= 15 is 0 Å². The SMILES string of the molecule is COC(=O)C(C)(NC1CC1)c1ccc2c(c1)OCCCO2. The molecule has 1 heterocycles. The summed E-state index contributed by atoms with van der Waals surface area (Å²) in [5.74, 6) is 1.14. The fourth-order valence-corrected chi connectivity index (χ4v) is 2.57. The highest BCUT2D eigenvalue weighted by Crippen LogP contribution is 2.36. The topological polar surface area (TPSA) is 56.8 Å². The van der Waals surface area contributed by atoms with Crippen molar-refractivity contribution in [3.8, 4) is 11.5 Å². The maximum absolute atomic E-state index is 12.3. The normalized spacial score (nSPS) is 20.3. The molecule has 0 aromatic heterocycles. The quantitative estimate of drug-likeness (QED) is 0.860. The first-order chi connectivity index (χ1) is 10.1. The van der Waals surface area contributed by atoms with E-state index in [-0.39, 0.29) is 5.97 Å². The minimum Gasteiger partial charge on any atom is -0.490 e. The lowest BCUT2D eigenvalue weighted by Gasteiger charge is -2.29. The Morgan fingerprint density at radius 3 is 2.67 bits per heavy atom. The molecule has 1 aromatic carbocycles. The van der Waals surface area contributed by atoms with Crippen LogP contribution in [0.1, 0.15) is 31.7 Å². The first kappa shape index (κ1) is 14.2. The van der Waals surface area contributed by atoms with Gasteiger partial charge < -0.3 is 14.2 Å². The Morgan fingerprint density at radius 2 is 2.00 bits per heavy atom. The second kappa shape index (κ2) is 5.56. The van der Waals surface area contributed by atoms with E-state index < -0.39 is 5.54 Å². The number of hydrogen-bond acceptors (Lipinski definition) is 5. The minimum atomic E-state index is -0.861. The molecule has 0 amide bonds. The lowest BCUT2D eigenvalue weighted by Crippen LogP contribution is -2.48. The molecule has 1 aliphatic heterocycles. The van der Waals surface area contributed by atoms with Gasteiger partial charge in [-0.2, -0.15) is 0 Å². The molecule has 5 heteroatoms. The number of carbonyl (C=O) groups is 1. The maximum atomic E-state index is 12.3. The molecule has 1 aliphatic carbocycles. The molecule has 0 radical (unpaired) electrons. The number of hydrogen-bond donors (Lipinski definition) is 1. The number of esters is 1. The molecule has 0 bridgehead atoms. The Kier molecular flexibility index (Phi) is 3.76. The van der Waals surface area contributed by atoms with E-state index in [9.17, 15) is 4.79 Å². The monoisotopic (exact) mass is 291 g/mol. The predicted molar refractivity (Wildman–Crippen MR) is 77.6 cm³/mol. The number of fused-ring (bicyclic) bond motifs is 1. The van der Waals surface area contributed by atoms with Gasteiger partial charge in [0, 0.05) is 12.5 Å². The minimum absolute atomic E-state index is 0.288. The van der Waals surface area contributed by atoms with Crippen molar-refractivity contribution in [1.82, 2.24) is 5.32 Å². The molecular weight excluding hydrogens is 270 g/mol. The van der Waals surface area contributed by atoms with E-state index in [1.54, 1.807) is 0 Å². The summed E-state index contributed by atoms with van der Waals surface area (Å²) in [6, 6.07) is 6.03.